The van der Waals surface area contributed by atoms with E-state index in [2.05, 4.69) is 52.4 Å². The van der Waals surface area contributed by atoms with E-state index in [1.807, 2.05) is 48.5 Å². The molecule has 0 saturated carbocycles. The predicted octanol–water partition coefficient (Wildman–Crippen LogP) is 8.39. The van der Waals surface area contributed by atoms with E-state index in [1.54, 1.807) is 24.3 Å². The Kier molecular flexibility index (Phi) is 6.23. The molecule has 6 aromatic rings. The summed E-state index contributed by atoms with van der Waals surface area (Å²) in [5.41, 5.74) is 0. The molecule has 8 heteroatoms. The first kappa shape index (κ1) is 29.6. The summed E-state index contributed by atoms with van der Waals surface area (Å²) in [7, 11) is -10.8. The summed E-state index contributed by atoms with van der Waals surface area (Å²) < 4.78 is 68.2. The van der Waals surface area contributed by atoms with Crippen molar-refractivity contribution in [3.05, 3.63) is 96.1 Å². The van der Waals surface area contributed by atoms with Gasteiger partial charge in [-0.05, 0) is 0 Å². The molecule has 0 atom stereocenters. The van der Waals surface area contributed by atoms with Crippen molar-refractivity contribution in [2.75, 3.05) is 0 Å². The lowest BCUT2D eigenvalue weighted by Crippen LogP contribution is -2.70. The van der Waals surface area contributed by atoms with Gasteiger partial charge in [0, 0.05) is 43.1 Å². The molecular weight excluding hydrogens is 621 g/mol. The molecular formula is C36H36F4Si4. The summed E-state index contributed by atoms with van der Waals surface area (Å²) in [6.07, 6.45) is 0. The van der Waals surface area contributed by atoms with Crippen molar-refractivity contribution < 1.29 is 17.6 Å². The maximum Gasteiger partial charge on any atom is 0.139 e. The summed E-state index contributed by atoms with van der Waals surface area (Å²) >= 11 is 0. The molecule has 44 heavy (non-hydrogen) atoms. The average molecular weight is 657 g/mol. The molecule has 7 rings (SSSR count). The van der Waals surface area contributed by atoms with Crippen LogP contribution in [0, 0.1) is 23.3 Å². The molecule has 0 N–H and O–H groups in total. The van der Waals surface area contributed by atoms with Gasteiger partial charge in [-0.25, -0.2) is 17.6 Å². The summed E-state index contributed by atoms with van der Waals surface area (Å²) in [6, 6.07) is 21.9. The van der Waals surface area contributed by atoms with Crippen molar-refractivity contribution in [3.63, 3.8) is 0 Å². The van der Waals surface area contributed by atoms with Crippen LogP contribution in [0.1, 0.15) is 0 Å². The van der Waals surface area contributed by atoms with Gasteiger partial charge in [0.25, 0.3) is 0 Å². The van der Waals surface area contributed by atoms with Crippen LogP contribution in [-0.4, -0.2) is 30.4 Å². The summed E-state index contributed by atoms with van der Waals surface area (Å²) in [5.74, 6) is -1.46. The lowest BCUT2D eigenvalue weighted by atomic mass is 10.0. The largest absolute Gasteiger partial charge is 0.206 e. The van der Waals surface area contributed by atoms with Gasteiger partial charge in [-0.15, -0.1) is 0 Å². The number of benzene rings is 6. The molecule has 1 heterocycles. The van der Waals surface area contributed by atoms with Gasteiger partial charge in [0.05, 0.1) is 30.4 Å². The number of hydrogen-bond donors (Lipinski definition) is 0. The average Bonchev–Trinajstić information content (AvgIpc) is 3.00. The van der Waals surface area contributed by atoms with E-state index < -0.39 is 30.4 Å². The molecule has 0 saturated heterocycles. The minimum atomic E-state index is -2.69. The van der Waals surface area contributed by atoms with Gasteiger partial charge in [-0.3, -0.25) is 0 Å². The molecule has 4 bridgehead atoms. The third-order valence-electron chi connectivity index (χ3n) is 11.9. The zero-order chi connectivity index (χ0) is 31.7. The highest BCUT2D eigenvalue weighted by Gasteiger charge is 2.49. The Morgan fingerprint density at radius 1 is 0.318 bits per heavy atom. The predicted molar refractivity (Wildman–Crippen MR) is 191 cm³/mol. The second-order valence-corrected chi connectivity index (χ2v) is 44.8. The molecule has 0 aromatic heterocycles. The molecule has 1 aliphatic rings. The SMILES string of the molecule is C[Si]1(C)c2cccc3c(F)c4cccc(c4c(F)c23)[Si](C)(C)[Si](C)(C)c2cccc3c(F)c4cccc(c4c(F)c23)[Si]1(C)C. The highest BCUT2D eigenvalue weighted by Crippen LogP contribution is 2.38. The highest BCUT2D eigenvalue weighted by atomic mass is 29.3. The van der Waals surface area contributed by atoms with E-state index >= 15 is 17.6 Å². The lowest BCUT2D eigenvalue weighted by Gasteiger charge is -2.42. The third-order valence-corrected chi connectivity index (χ3v) is 47.2. The fourth-order valence-electron chi connectivity index (χ4n) is 7.86. The first-order valence-corrected chi connectivity index (χ1v) is 29.2. The first-order chi connectivity index (χ1) is 20.6. The normalized spacial score (nSPS) is 18.3. The quantitative estimate of drug-likeness (QED) is 0.0876. The molecule has 0 spiro atoms. The molecule has 6 aromatic carbocycles. The van der Waals surface area contributed by atoms with Crippen LogP contribution in [-0.2, 0) is 0 Å². The van der Waals surface area contributed by atoms with E-state index in [-0.39, 0.29) is 23.3 Å². The van der Waals surface area contributed by atoms with Gasteiger partial charge in [-0.1, -0.05) is 146 Å². The van der Waals surface area contributed by atoms with E-state index in [9.17, 15) is 0 Å². The van der Waals surface area contributed by atoms with Crippen LogP contribution in [0.5, 0.6) is 0 Å². The fraction of sp³-hybridized carbons (Fsp3) is 0.222. The van der Waals surface area contributed by atoms with Crippen molar-refractivity contribution in [2.45, 2.75) is 52.4 Å². The Balaban J connectivity index is 1.82. The third kappa shape index (κ3) is 3.48. The standard InChI is InChI=1S/C36H36F4Si4/c1-41(2)25-17-9-13-21-29(25)35(39)31-23(33(21)37)15-11-19-27(31)43(5,6)44(7,8)28-20-12-16-24-32(28)36(40)30-22(34(24)38)14-10-18-26(30)42(41,3)4/h9-20H,1-8H3. The zero-order valence-corrected chi connectivity index (χ0v) is 30.4. The summed E-state index contributed by atoms with van der Waals surface area (Å²) in [4.78, 5) is 0. The van der Waals surface area contributed by atoms with Crippen molar-refractivity contribution >= 4 is 94.2 Å². The maximum atomic E-state index is 17.5. The van der Waals surface area contributed by atoms with E-state index in [0.717, 1.165) is 20.7 Å². The summed E-state index contributed by atoms with van der Waals surface area (Å²) in [5, 5.41) is 5.97. The Labute approximate surface area is 259 Å². The number of halogens is 4. The van der Waals surface area contributed by atoms with E-state index in [0.29, 0.717) is 43.1 Å². The molecule has 224 valence electrons. The lowest BCUT2D eigenvalue weighted by molar-refractivity contribution is 0.635. The maximum absolute atomic E-state index is 17.5. The van der Waals surface area contributed by atoms with Gasteiger partial charge in [0.1, 0.15) is 23.3 Å². The van der Waals surface area contributed by atoms with Crippen LogP contribution in [0.3, 0.4) is 0 Å². The van der Waals surface area contributed by atoms with Crippen molar-refractivity contribution in [3.8, 4) is 0 Å². The van der Waals surface area contributed by atoms with Crippen molar-refractivity contribution in [1.82, 2.24) is 0 Å². The summed E-state index contributed by atoms with van der Waals surface area (Å²) in [6.45, 7) is 17.6. The fourth-order valence-corrected chi connectivity index (χ4v) is 26.7. The van der Waals surface area contributed by atoms with E-state index in [1.165, 1.54) is 0 Å². The molecule has 1 aliphatic heterocycles. The monoisotopic (exact) mass is 656 g/mol. The molecule has 0 radical (unpaired) electrons. The topological polar surface area (TPSA) is 0 Å². The molecule has 0 aliphatic carbocycles. The van der Waals surface area contributed by atoms with Crippen molar-refractivity contribution in [1.29, 1.82) is 0 Å². The van der Waals surface area contributed by atoms with Crippen LogP contribution < -0.4 is 20.7 Å². The Morgan fingerprint density at radius 2 is 0.523 bits per heavy atom. The Hall–Kier alpha value is -3.05. The minimum absolute atomic E-state index is 0.292. The van der Waals surface area contributed by atoms with Gasteiger partial charge in [0.2, 0.25) is 0 Å². The van der Waals surface area contributed by atoms with Crippen molar-refractivity contribution in [2.24, 2.45) is 0 Å². The highest BCUT2D eigenvalue weighted by molar-refractivity contribution is 7.51. The number of hydrogen-bond acceptors (Lipinski definition) is 0. The van der Waals surface area contributed by atoms with Crippen LogP contribution in [0.4, 0.5) is 17.6 Å². The van der Waals surface area contributed by atoms with Gasteiger partial charge in [-0.2, -0.15) is 0 Å². The Bertz CT molecular complexity index is 1930. The minimum Gasteiger partial charge on any atom is -0.206 e. The number of rotatable bonds is 0. The van der Waals surface area contributed by atoms with Crippen LogP contribution in [0.15, 0.2) is 72.8 Å². The molecule has 0 nitrogen and oxygen atoms in total. The first-order valence-electron chi connectivity index (χ1n) is 15.2. The van der Waals surface area contributed by atoms with Crippen LogP contribution in [0.25, 0.3) is 43.1 Å². The molecule has 0 unspecified atom stereocenters. The van der Waals surface area contributed by atoms with Crippen LogP contribution in [0.2, 0.25) is 52.4 Å². The molecule has 0 amide bonds. The van der Waals surface area contributed by atoms with Gasteiger partial charge in [0.15, 0.2) is 0 Å². The van der Waals surface area contributed by atoms with Crippen LogP contribution >= 0.6 is 0 Å². The van der Waals surface area contributed by atoms with E-state index in [4.69, 9.17) is 0 Å². The Morgan fingerprint density at radius 3 is 0.727 bits per heavy atom. The molecule has 0 fully saturated rings. The smallest absolute Gasteiger partial charge is 0.139 e. The van der Waals surface area contributed by atoms with Gasteiger partial charge >= 0.3 is 0 Å². The van der Waals surface area contributed by atoms with Gasteiger partial charge < -0.3 is 0 Å². The second-order valence-electron chi connectivity index (χ2n) is 14.7. The second kappa shape index (κ2) is 9.25. The zero-order valence-electron chi connectivity index (χ0n) is 26.4.